The van der Waals surface area contributed by atoms with Crippen LogP contribution in [0.15, 0.2) is 35.4 Å². The number of nitrogens with one attached hydrogen (secondary N) is 1. The highest BCUT2D eigenvalue weighted by molar-refractivity contribution is 5.70. The van der Waals surface area contributed by atoms with Crippen molar-refractivity contribution in [3.63, 3.8) is 0 Å². The van der Waals surface area contributed by atoms with Gasteiger partial charge in [0.1, 0.15) is 0 Å². The Morgan fingerprint density at radius 1 is 1.33 bits per heavy atom. The second-order valence-corrected chi connectivity index (χ2v) is 3.28. The molecule has 2 aromatic rings. The standard InChI is InChI=1S/C11H10N2O2/c1-7-6-9(14)13-11(15)10(7)8-2-4-12-5-3-8/h2-6H,1H3,(H2,13,14,15). The molecule has 0 bridgehead atoms. The van der Waals surface area contributed by atoms with Crippen molar-refractivity contribution in [2.45, 2.75) is 6.92 Å². The third kappa shape index (κ3) is 1.74. The second kappa shape index (κ2) is 3.57. The number of H-pyrrole nitrogens is 1. The molecule has 15 heavy (non-hydrogen) atoms. The lowest BCUT2D eigenvalue weighted by molar-refractivity contribution is 0.453. The lowest BCUT2D eigenvalue weighted by Crippen LogP contribution is -2.05. The van der Waals surface area contributed by atoms with Gasteiger partial charge in [-0.25, -0.2) is 0 Å². The number of hydrogen-bond donors (Lipinski definition) is 2. The van der Waals surface area contributed by atoms with Crippen LogP contribution in [0.2, 0.25) is 0 Å². The number of aromatic amines is 1. The van der Waals surface area contributed by atoms with Crippen LogP contribution in [0.5, 0.6) is 5.88 Å². The van der Waals surface area contributed by atoms with E-state index in [1.54, 1.807) is 31.5 Å². The van der Waals surface area contributed by atoms with Crippen molar-refractivity contribution in [1.82, 2.24) is 9.97 Å². The van der Waals surface area contributed by atoms with Gasteiger partial charge in [-0.05, 0) is 30.2 Å². The van der Waals surface area contributed by atoms with E-state index in [0.29, 0.717) is 5.56 Å². The van der Waals surface area contributed by atoms with Crippen LogP contribution in [0, 0.1) is 6.92 Å². The number of rotatable bonds is 1. The lowest BCUT2D eigenvalue weighted by Gasteiger charge is -2.06. The fourth-order valence-electron chi connectivity index (χ4n) is 1.55. The Morgan fingerprint density at radius 3 is 2.60 bits per heavy atom. The first-order chi connectivity index (χ1) is 7.18. The maximum absolute atomic E-state index is 11.1. The number of pyridine rings is 2. The highest BCUT2D eigenvalue weighted by Gasteiger charge is 2.08. The maximum Gasteiger partial charge on any atom is 0.250 e. The Balaban J connectivity index is 2.69. The van der Waals surface area contributed by atoms with Gasteiger partial charge in [0.15, 0.2) is 5.88 Å². The summed E-state index contributed by atoms with van der Waals surface area (Å²) in [5.41, 5.74) is 1.90. The van der Waals surface area contributed by atoms with E-state index in [1.165, 1.54) is 6.07 Å². The van der Waals surface area contributed by atoms with Gasteiger partial charge in [0.25, 0.3) is 5.56 Å². The summed E-state index contributed by atoms with van der Waals surface area (Å²) in [4.78, 5) is 17.3. The van der Waals surface area contributed by atoms with Gasteiger partial charge in [0, 0.05) is 24.0 Å². The summed E-state index contributed by atoms with van der Waals surface area (Å²) in [5.74, 6) is -0.105. The number of nitrogens with zero attached hydrogens (tertiary/aromatic N) is 1. The van der Waals surface area contributed by atoms with Crippen molar-refractivity contribution >= 4 is 0 Å². The monoisotopic (exact) mass is 202 g/mol. The Morgan fingerprint density at radius 2 is 2.00 bits per heavy atom. The van der Waals surface area contributed by atoms with E-state index in [1.807, 2.05) is 0 Å². The molecule has 2 heterocycles. The molecule has 0 fully saturated rings. The van der Waals surface area contributed by atoms with Crippen LogP contribution in [0.4, 0.5) is 0 Å². The van der Waals surface area contributed by atoms with E-state index in [9.17, 15) is 9.90 Å². The number of aromatic nitrogens is 2. The van der Waals surface area contributed by atoms with Crippen molar-refractivity contribution in [3.8, 4) is 17.0 Å². The maximum atomic E-state index is 11.1. The summed E-state index contributed by atoms with van der Waals surface area (Å²) in [7, 11) is 0. The first kappa shape index (κ1) is 9.45. The van der Waals surface area contributed by atoms with E-state index >= 15 is 0 Å². The molecule has 0 radical (unpaired) electrons. The van der Waals surface area contributed by atoms with Gasteiger partial charge in [0.2, 0.25) is 0 Å². The van der Waals surface area contributed by atoms with E-state index < -0.39 is 0 Å². The Labute approximate surface area is 86.2 Å². The molecule has 0 aliphatic heterocycles. The molecule has 76 valence electrons. The van der Waals surface area contributed by atoms with Crippen LogP contribution < -0.4 is 5.56 Å². The van der Waals surface area contributed by atoms with Gasteiger partial charge in [-0.3, -0.25) is 14.8 Å². The van der Waals surface area contributed by atoms with Crippen molar-refractivity contribution in [2.75, 3.05) is 0 Å². The molecule has 4 heteroatoms. The molecule has 0 aliphatic carbocycles. The largest absolute Gasteiger partial charge is 0.494 e. The number of aromatic hydroxyl groups is 1. The average Bonchev–Trinajstić information content (AvgIpc) is 2.17. The summed E-state index contributed by atoms with van der Waals surface area (Å²) in [5, 5.41) is 9.65. The molecule has 0 spiro atoms. The summed E-state index contributed by atoms with van der Waals surface area (Å²) in [6.07, 6.45) is 3.28. The van der Waals surface area contributed by atoms with Crippen molar-refractivity contribution in [2.24, 2.45) is 0 Å². The van der Waals surface area contributed by atoms with E-state index in [-0.39, 0.29) is 11.4 Å². The molecule has 0 amide bonds. The molecule has 4 nitrogen and oxygen atoms in total. The SMILES string of the molecule is Cc1cc(=O)[nH]c(O)c1-c1ccncc1. The van der Waals surface area contributed by atoms with Crippen LogP contribution in [0.1, 0.15) is 5.56 Å². The second-order valence-electron chi connectivity index (χ2n) is 3.28. The molecule has 0 atom stereocenters. The van der Waals surface area contributed by atoms with E-state index in [0.717, 1.165) is 11.1 Å². The van der Waals surface area contributed by atoms with Crippen LogP contribution in [0.3, 0.4) is 0 Å². The molecule has 2 N–H and O–H groups in total. The van der Waals surface area contributed by atoms with Crippen LogP contribution in [0.25, 0.3) is 11.1 Å². The van der Waals surface area contributed by atoms with Crippen molar-refractivity contribution in [1.29, 1.82) is 0 Å². The van der Waals surface area contributed by atoms with Gasteiger partial charge >= 0.3 is 0 Å². The van der Waals surface area contributed by atoms with Gasteiger partial charge < -0.3 is 5.11 Å². The quantitative estimate of drug-likeness (QED) is 0.735. The van der Waals surface area contributed by atoms with E-state index in [4.69, 9.17) is 0 Å². The zero-order chi connectivity index (χ0) is 10.8. The highest BCUT2D eigenvalue weighted by atomic mass is 16.3. The highest BCUT2D eigenvalue weighted by Crippen LogP contribution is 2.28. The summed E-state index contributed by atoms with van der Waals surface area (Å²) in [6, 6.07) is 5.01. The molecular weight excluding hydrogens is 192 g/mol. The minimum Gasteiger partial charge on any atom is -0.494 e. The lowest BCUT2D eigenvalue weighted by atomic mass is 10.0. The fourth-order valence-corrected chi connectivity index (χ4v) is 1.55. The predicted molar refractivity (Wildman–Crippen MR) is 56.7 cm³/mol. The molecule has 0 saturated heterocycles. The van der Waals surface area contributed by atoms with Gasteiger partial charge in [-0.15, -0.1) is 0 Å². The first-order valence-corrected chi connectivity index (χ1v) is 4.52. The smallest absolute Gasteiger partial charge is 0.250 e. The number of aryl methyl sites for hydroxylation is 1. The average molecular weight is 202 g/mol. The van der Waals surface area contributed by atoms with Crippen molar-refractivity contribution in [3.05, 3.63) is 46.5 Å². The van der Waals surface area contributed by atoms with Crippen LogP contribution in [-0.4, -0.2) is 15.1 Å². The van der Waals surface area contributed by atoms with E-state index in [2.05, 4.69) is 9.97 Å². The summed E-state index contributed by atoms with van der Waals surface area (Å²) in [6.45, 7) is 1.78. The molecule has 2 rings (SSSR count). The predicted octanol–water partition coefficient (Wildman–Crippen LogP) is 1.45. The third-order valence-corrected chi connectivity index (χ3v) is 2.19. The first-order valence-electron chi connectivity index (χ1n) is 4.52. The van der Waals surface area contributed by atoms with Gasteiger partial charge in [-0.1, -0.05) is 0 Å². The van der Waals surface area contributed by atoms with Gasteiger partial charge in [-0.2, -0.15) is 0 Å². The third-order valence-electron chi connectivity index (χ3n) is 2.19. The Bertz CT molecular complexity index is 506. The number of hydrogen-bond acceptors (Lipinski definition) is 3. The molecule has 0 unspecified atom stereocenters. The normalized spacial score (nSPS) is 10.2. The summed E-state index contributed by atoms with van der Waals surface area (Å²) >= 11 is 0. The summed E-state index contributed by atoms with van der Waals surface area (Å²) < 4.78 is 0. The Kier molecular flexibility index (Phi) is 2.25. The minimum atomic E-state index is -0.303. The zero-order valence-electron chi connectivity index (χ0n) is 8.19. The molecule has 0 aliphatic rings. The van der Waals surface area contributed by atoms with Crippen molar-refractivity contribution < 1.29 is 5.11 Å². The van der Waals surface area contributed by atoms with Gasteiger partial charge in [0.05, 0.1) is 0 Å². The topological polar surface area (TPSA) is 66.0 Å². The van der Waals surface area contributed by atoms with Crippen LogP contribution >= 0.6 is 0 Å². The fraction of sp³-hybridized carbons (Fsp3) is 0.0909. The molecule has 0 aromatic carbocycles. The van der Waals surface area contributed by atoms with Crippen LogP contribution in [-0.2, 0) is 0 Å². The Hall–Kier alpha value is -2.10. The minimum absolute atomic E-state index is 0.105. The molecular formula is C11H10N2O2. The zero-order valence-corrected chi connectivity index (χ0v) is 8.19. The molecule has 0 saturated carbocycles. The molecule has 2 aromatic heterocycles.